The molecule has 6 nitrogen and oxygen atoms in total. The lowest BCUT2D eigenvalue weighted by atomic mass is 10.2. The minimum absolute atomic E-state index is 0.139. The summed E-state index contributed by atoms with van der Waals surface area (Å²) in [7, 11) is 0. The van der Waals surface area contributed by atoms with E-state index in [1.165, 1.54) is 0 Å². The summed E-state index contributed by atoms with van der Waals surface area (Å²) in [6, 6.07) is -0.905. The van der Waals surface area contributed by atoms with Gasteiger partial charge < -0.3 is 21.5 Å². The Labute approximate surface area is 101 Å². The molecule has 0 saturated heterocycles. The molecule has 0 fully saturated rings. The smallest absolute Gasteiger partial charge is 0.244 e. The van der Waals surface area contributed by atoms with Crippen molar-refractivity contribution in [3.63, 3.8) is 0 Å². The molecular formula is C11H21N3O3. The molecule has 0 saturated carbocycles. The van der Waals surface area contributed by atoms with E-state index in [-0.39, 0.29) is 24.8 Å². The van der Waals surface area contributed by atoms with Gasteiger partial charge in [0, 0.05) is 19.5 Å². The highest BCUT2D eigenvalue weighted by atomic mass is 16.3. The average Bonchev–Trinajstić information content (AvgIpc) is 2.31. The van der Waals surface area contributed by atoms with Gasteiger partial charge in [-0.05, 0) is 12.8 Å². The number of rotatable bonds is 9. The Balaban J connectivity index is 3.94. The third-order valence-electron chi connectivity index (χ3n) is 2.09. The van der Waals surface area contributed by atoms with Crippen molar-refractivity contribution < 1.29 is 14.7 Å². The second kappa shape index (κ2) is 9.80. The predicted octanol–water partition coefficient (Wildman–Crippen LogP) is -1.11. The summed E-state index contributed by atoms with van der Waals surface area (Å²) in [5.74, 6) is -0.727. The fraction of sp³-hybridized carbons (Fsp3) is 0.636. The summed E-state index contributed by atoms with van der Waals surface area (Å²) in [4.78, 5) is 22.7. The van der Waals surface area contributed by atoms with Crippen molar-refractivity contribution in [2.45, 2.75) is 25.3 Å². The van der Waals surface area contributed by atoms with Gasteiger partial charge >= 0.3 is 0 Å². The van der Waals surface area contributed by atoms with Crippen LogP contribution in [0.15, 0.2) is 12.7 Å². The summed E-state index contributed by atoms with van der Waals surface area (Å²) >= 11 is 0. The standard InChI is InChI=1S/C11H21N3O3/c1-2-3-4-7-13-11(17)9(8-15)14-10(16)5-6-12/h2,9,15H,1,3-8,12H2,(H,13,17)(H,14,16)/t9-/m1/s1. The van der Waals surface area contributed by atoms with Gasteiger partial charge in [-0.1, -0.05) is 6.08 Å². The molecule has 5 N–H and O–H groups in total. The molecule has 0 aromatic carbocycles. The van der Waals surface area contributed by atoms with Gasteiger partial charge in [0.05, 0.1) is 6.61 Å². The van der Waals surface area contributed by atoms with Crippen LogP contribution in [-0.2, 0) is 9.59 Å². The molecule has 1 atom stereocenters. The van der Waals surface area contributed by atoms with Crippen LogP contribution >= 0.6 is 0 Å². The van der Waals surface area contributed by atoms with Crippen LogP contribution < -0.4 is 16.4 Å². The largest absolute Gasteiger partial charge is 0.394 e. The minimum atomic E-state index is -0.905. The quantitative estimate of drug-likeness (QED) is 0.304. The molecule has 0 heterocycles. The molecule has 0 aliphatic rings. The van der Waals surface area contributed by atoms with E-state index in [4.69, 9.17) is 10.8 Å². The first-order chi connectivity index (χ1) is 8.15. The summed E-state index contributed by atoms with van der Waals surface area (Å²) in [6.07, 6.45) is 3.49. The van der Waals surface area contributed by atoms with Crippen molar-refractivity contribution in [2.24, 2.45) is 5.73 Å². The van der Waals surface area contributed by atoms with Gasteiger partial charge in [-0.3, -0.25) is 9.59 Å². The summed E-state index contributed by atoms with van der Waals surface area (Å²) in [5.41, 5.74) is 5.20. The van der Waals surface area contributed by atoms with Crippen LogP contribution in [0.4, 0.5) is 0 Å². The SMILES string of the molecule is C=CCCCNC(=O)[C@@H](CO)NC(=O)CCN. The maximum absolute atomic E-state index is 11.5. The van der Waals surface area contributed by atoms with E-state index in [0.717, 1.165) is 12.8 Å². The topological polar surface area (TPSA) is 104 Å². The molecule has 0 aromatic heterocycles. The zero-order chi connectivity index (χ0) is 13.1. The summed E-state index contributed by atoms with van der Waals surface area (Å²) < 4.78 is 0. The van der Waals surface area contributed by atoms with E-state index in [1.54, 1.807) is 6.08 Å². The van der Waals surface area contributed by atoms with E-state index in [2.05, 4.69) is 17.2 Å². The Morgan fingerprint density at radius 2 is 2.18 bits per heavy atom. The number of amides is 2. The van der Waals surface area contributed by atoms with Crippen LogP contribution in [0.3, 0.4) is 0 Å². The van der Waals surface area contributed by atoms with Gasteiger partial charge in [-0.15, -0.1) is 6.58 Å². The van der Waals surface area contributed by atoms with Gasteiger partial charge in [0.15, 0.2) is 0 Å². The Morgan fingerprint density at radius 3 is 2.71 bits per heavy atom. The van der Waals surface area contributed by atoms with Gasteiger partial charge in [-0.2, -0.15) is 0 Å². The lowest BCUT2D eigenvalue weighted by molar-refractivity contribution is -0.129. The molecule has 98 valence electrons. The van der Waals surface area contributed by atoms with E-state index in [1.807, 2.05) is 0 Å². The third kappa shape index (κ3) is 7.48. The lowest BCUT2D eigenvalue weighted by Crippen LogP contribution is -2.49. The number of hydrogen-bond acceptors (Lipinski definition) is 4. The van der Waals surface area contributed by atoms with Crippen molar-refractivity contribution in [1.29, 1.82) is 0 Å². The first kappa shape index (κ1) is 15.6. The highest BCUT2D eigenvalue weighted by Crippen LogP contribution is 1.89. The maximum atomic E-state index is 11.5. The van der Waals surface area contributed by atoms with E-state index in [0.29, 0.717) is 6.54 Å². The van der Waals surface area contributed by atoms with Crippen LogP contribution in [0.1, 0.15) is 19.3 Å². The van der Waals surface area contributed by atoms with E-state index < -0.39 is 12.6 Å². The van der Waals surface area contributed by atoms with Crippen LogP contribution in [0, 0.1) is 0 Å². The second-order valence-electron chi connectivity index (χ2n) is 3.56. The Morgan fingerprint density at radius 1 is 1.47 bits per heavy atom. The third-order valence-corrected chi connectivity index (χ3v) is 2.09. The molecular weight excluding hydrogens is 222 g/mol. The molecule has 2 amide bonds. The monoisotopic (exact) mass is 243 g/mol. The highest BCUT2D eigenvalue weighted by molar-refractivity contribution is 5.87. The molecule has 0 radical (unpaired) electrons. The second-order valence-corrected chi connectivity index (χ2v) is 3.56. The number of allylic oxidation sites excluding steroid dienone is 1. The number of nitrogens with one attached hydrogen (secondary N) is 2. The van der Waals surface area contributed by atoms with Crippen molar-refractivity contribution in [3.05, 3.63) is 12.7 Å². The van der Waals surface area contributed by atoms with Crippen molar-refractivity contribution in [3.8, 4) is 0 Å². The minimum Gasteiger partial charge on any atom is -0.394 e. The van der Waals surface area contributed by atoms with Crippen molar-refractivity contribution in [2.75, 3.05) is 19.7 Å². The number of unbranched alkanes of at least 4 members (excludes halogenated alkanes) is 1. The van der Waals surface area contributed by atoms with Crippen molar-refractivity contribution in [1.82, 2.24) is 10.6 Å². The number of aliphatic hydroxyl groups is 1. The lowest BCUT2D eigenvalue weighted by Gasteiger charge is -2.15. The predicted molar refractivity (Wildman–Crippen MR) is 65.1 cm³/mol. The molecule has 0 rings (SSSR count). The van der Waals surface area contributed by atoms with Crippen LogP contribution in [0.2, 0.25) is 0 Å². The molecule has 0 aromatic rings. The zero-order valence-electron chi connectivity index (χ0n) is 9.95. The molecule has 0 bridgehead atoms. The van der Waals surface area contributed by atoms with Crippen LogP contribution in [0.25, 0.3) is 0 Å². The number of aliphatic hydroxyl groups excluding tert-OH is 1. The Hall–Kier alpha value is -1.40. The molecule has 0 aliphatic heterocycles. The number of hydrogen-bond donors (Lipinski definition) is 4. The Bertz CT molecular complexity index is 256. The van der Waals surface area contributed by atoms with Gasteiger partial charge in [0.2, 0.25) is 11.8 Å². The van der Waals surface area contributed by atoms with E-state index in [9.17, 15) is 9.59 Å². The number of carbonyl (C=O) groups excluding carboxylic acids is 2. The van der Waals surface area contributed by atoms with Gasteiger partial charge in [-0.25, -0.2) is 0 Å². The molecule has 0 aliphatic carbocycles. The Kier molecular flexibility index (Phi) is 8.99. The first-order valence-electron chi connectivity index (χ1n) is 5.64. The fourth-order valence-corrected chi connectivity index (χ4v) is 1.17. The number of nitrogens with two attached hydrogens (primary N) is 1. The van der Waals surface area contributed by atoms with Gasteiger partial charge in [0.1, 0.15) is 6.04 Å². The van der Waals surface area contributed by atoms with E-state index >= 15 is 0 Å². The van der Waals surface area contributed by atoms with Crippen LogP contribution in [-0.4, -0.2) is 42.7 Å². The van der Waals surface area contributed by atoms with Crippen molar-refractivity contribution >= 4 is 11.8 Å². The van der Waals surface area contributed by atoms with Crippen LogP contribution in [0.5, 0.6) is 0 Å². The molecule has 0 spiro atoms. The molecule has 0 unspecified atom stereocenters. The zero-order valence-corrected chi connectivity index (χ0v) is 9.95. The van der Waals surface area contributed by atoms with Gasteiger partial charge in [0.25, 0.3) is 0 Å². The molecule has 17 heavy (non-hydrogen) atoms. The molecule has 6 heteroatoms. The average molecular weight is 243 g/mol. The normalized spacial score (nSPS) is 11.6. The summed E-state index contributed by atoms with van der Waals surface area (Å²) in [5, 5.41) is 14.0. The summed E-state index contributed by atoms with van der Waals surface area (Å²) in [6.45, 7) is 3.85. The maximum Gasteiger partial charge on any atom is 0.244 e. The highest BCUT2D eigenvalue weighted by Gasteiger charge is 2.18. The number of carbonyl (C=O) groups is 2. The first-order valence-corrected chi connectivity index (χ1v) is 5.64. The fourth-order valence-electron chi connectivity index (χ4n) is 1.17.